The molecule has 0 saturated carbocycles. The van der Waals surface area contributed by atoms with Gasteiger partial charge in [0.05, 0.1) is 21.8 Å². The van der Waals surface area contributed by atoms with Gasteiger partial charge in [-0.3, -0.25) is 4.79 Å². The Balaban J connectivity index is 1.80. The first-order valence-electron chi connectivity index (χ1n) is 13.3. The van der Waals surface area contributed by atoms with Crippen LogP contribution in [0.2, 0.25) is 5.02 Å². The molecule has 0 N–H and O–H groups in total. The van der Waals surface area contributed by atoms with E-state index in [-0.39, 0.29) is 40.2 Å². The molecule has 2 unspecified atom stereocenters. The summed E-state index contributed by atoms with van der Waals surface area (Å²) in [6, 6.07) is 15.3. The summed E-state index contributed by atoms with van der Waals surface area (Å²) in [6.45, 7) is 12.5. The average Bonchev–Trinajstić information content (AvgIpc) is 2.93. The lowest BCUT2D eigenvalue weighted by Crippen LogP contribution is -2.58. The van der Waals surface area contributed by atoms with Crippen molar-refractivity contribution in [1.29, 1.82) is 0 Å². The fourth-order valence-corrected chi connectivity index (χ4v) is 5.66. The topological polar surface area (TPSA) is 71.3 Å². The Morgan fingerprint density at radius 2 is 1.77 bits per heavy atom. The average molecular weight is 560 g/mol. The van der Waals surface area contributed by atoms with Gasteiger partial charge in [0.2, 0.25) is 5.91 Å². The maximum Gasteiger partial charge on any atom is 0.355 e. The number of amides is 1. The Hall–Kier alpha value is -4.04. The predicted molar refractivity (Wildman–Crippen MR) is 158 cm³/mol. The number of pyridine rings is 1. The van der Waals surface area contributed by atoms with E-state index < -0.39 is 11.5 Å². The van der Waals surface area contributed by atoms with Gasteiger partial charge in [-0.1, -0.05) is 62.4 Å². The number of halogens is 2. The van der Waals surface area contributed by atoms with Gasteiger partial charge in [0.25, 0.3) is 0 Å². The van der Waals surface area contributed by atoms with Gasteiger partial charge in [0, 0.05) is 30.7 Å². The van der Waals surface area contributed by atoms with E-state index in [4.69, 9.17) is 16.6 Å². The Morgan fingerprint density at radius 3 is 2.48 bits per heavy atom. The zero-order valence-electron chi connectivity index (χ0n) is 22.9. The normalized spacial score (nSPS) is 17.5. The Labute approximate surface area is 237 Å². The Morgan fingerprint density at radius 1 is 1.07 bits per heavy atom. The van der Waals surface area contributed by atoms with Crippen LogP contribution < -0.4 is 10.6 Å². The lowest BCUT2D eigenvalue weighted by atomic mass is 10.0. The van der Waals surface area contributed by atoms with Gasteiger partial charge in [0.1, 0.15) is 11.6 Å². The standard InChI is InChI=1S/C31H31ClFN5O2/c1-6-27(39)36-16-20(5)37(17-19(36)4)29-23-15-24(32)28(22-12-7-9-13-25(22)33)34-30(23)38(31(40)35-29)26-14-10-8-11-21(26)18(2)3/h6-15,18-20H,1,16-17H2,2-5H3. The van der Waals surface area contributed by atoms with Gasteiger partial charge in [-0.2, -0.15) is 4.98 Å². The van der Waals surface area contributed by atoms with Crippen LogP contribution in [0.25, 0.3) is 28.0 Å². The van der Waals surface area contributed by atoms with Gasteiger partial charge in [-0.25, -0.2) is 18.7 Å². The largest absolute Gasteiger partial charge is 0.355 e. The third-order valence-corrected chi connectivity index (χ3v) is 7.73. The molecule has 7 nitrogen and oxygen atoms in total. The number of rotatable bonds is 5. The van der Waals surface area contributed by atoms with Gasteiger partial charge in [-0.05, 0) is 55.7 Å². The molecule has 1 aliphatic rings. The van der Waals surface area contributed by atoms with Crippen molar-refractivity contribution < 1.29 is 9.18 Å². The minimum Gasteiger partial charge on any atom is -0.349 e. The van der Waals surface area contributed by atoms with Crippen LogP contribution >= 0.6 is 11.6 Å². The number of carbonyl (C=O) groups excluding carboxylic acids is 1. The molecule has 206 valence electrons. The van der Waals surface area contributed by atoms with Crippen LogP contribution in [-0.2, 0) is 4.79 Å². The summed E-state index contributed by atoms with van der Waals surface area (Å²) in [5, 5.41) is 0.801. The van der Waals surface area contributed by atoms with Gasteiger partial charge >= 0.3 is 5.69 Å². The van der Waals surface area contributed by atoms with Crippen molar-refractivity contribution in [1.82, 2.24) is 19.4 Å². The number of hydrogen-bond acceptors (Lipinski definition) is 5. The number of hydrogen-bond donors (Lipinski definition) is 0. The van der Waals surface area contributed by atoms with Crippen LogP contribution in [0.5, 0.6) is 0 Å². The Kier molecular flexibility index (Phi) is 7.47. The van der Waals surface area contributed by atoms with E-state index in [0.29, 0.717) is 35.6 Å². The second-order valence-electron chi connectivity index (χ2n) is 10.5. The SMILES string of the molecule is C=CC(=O)N1CC(C)N(c2nc(=O)n(-c3ccccc3C(C)C)c3nc(-c4ccccc4F)c(Cl)cc23)CC1C. The summed E-state index contributed by atoms with van der Waals surface area (Å²) in [5.74, 6) is -0.0606. The molecular formula is C31H31ClFN5O2. The van der Waals surface area contributed by atoms with Crippen molar-refractivity contribution in [2.75, 3.05) is 18.0 Å². The zero-order valence-corrected chi connectivity index (χ0v) is 23.7. The molecule has 40 heavy (non-hydrogen) atoms. The number of anilines is 1. The molecule has 3 heterocycles. The molecule has 0 spiro atoms. The van der Waals surface area contributed by atoms with Crippen molar-refractivity contribution in [3.05, 3.63) is 94.1 Å². The van der Waals surface area contributed by atoms with E-state index in [1.165, 1.54) is 16.7 Å². The second kappa shape index (κ2) is 10.8. The third-order valence-electron chi connectivity index (χ3n) is 7.45. The Bertz CT molecular complexity index is 1680. The van der Waals surface area contributed by atoms with Crippen molar-refractivity contribution in [3.8, 4) is 16.9 Å². The first-order chi connectivity index (χ1) is 19.1. The summed E-state index contributed by atoms with van der Waals surface area (Å²) in [7, 11) is 0. The van der Waals surface area contributed by atoms with Gasteiger partial charge < -0.3 is 9.80 Å². The molecular weight excluding hydrogens is 529 g/mol. The molecule has 2 atom stereocenters. The zero-order chi connectivity index (χ0) is 28.7. The van der Waals surface area contributed by atoms with Crippen molar-refractivity contribution >= 4 is 34.4 Å². The molecule has 2 aromatic carbocycles. The first-order valence-corrected chi connectivity index (χ1v) is 13.7. The van der Waals surface area contributed by atoms with E-state index in [0.717, 1.165) is 5.56 Å². The molecule has 9 heteroatoms. The lowest BCUT2D eigenvalue weighted by Gasteiger charge is -2.44. The van der Waals surface area contributed by atoms with Crippen LogP contribution in [0.4, 0.5) is 10.2 Å². The highest BCUT2D eigenvalue weighted by atomic mass is 35.5. The second-order valence-corrected chi connectivity index (χ2v) is 10.9. The molecule has 1 amide bonds. The number of benzene rings is 2. The quantitative estimate of drug-likeness (QED) is 0.282. The van der Waals surface area contributed by atoms with Gasteiger partial charge in [-0.15, -0.1) is 0 Å². The molecule has 5 rings (SSSR count). The van der Waals surface area contributed by atoms with Crippen molar-refractivity contribution in [2.45, 2.75) is 45.7 Å². The van der Waals surface area contributed by atoms with Crippen LogP contribution in [0.1, 0.15) is 39.2 Å². The third kappa shape index (κ3) is 4.77. The fraction of sp³-hybridized carbons (Fsp3) is 0.290. The number of aromatic nitrogens is 3. The molecule has 0 radical (unpaired) electrons. The van der Waals surface area contributed by atoms with Crippen LogP contribution in [0, 0.1) is 5.82 Å². The summed E-state index contributed by atoms with van der Waals surface area (Å²) in [4.78, 5) is 39.5. The van der Waals surface area contributed by atoms with Crippen LogP contribution in [0.3, 0.4) is 0 Å². The molecule has 0 aliphatic carbocycles. The fourth-order valence-electron chi connectivity index (χ4n) is 5.41. The summed E-state index contributed by atoms with van der Waals surface area (Å²) < 4.78 is 16.4. The summed E-state index contributed by atoms with van der Waals surface area (Å²) >= 11 is 6.76. The smallest absolute Gasteiger partial charge is 0.349 e. The van der Waals surface area contributed by atoms with Crippen LogP contribution in [-0.4, -0.2) is 50.5 Å². The highest BCUT2D eigenvalue weighted by Crippen LogP contribution is 2.36. The number of fused-ring (bicyclic) bond motifs is 1. The maximum atomic E-state index is 14.9. The summed E-state index contributed by atoms with van der Waals surface area (Å²) in [6.07, 6.45) is 1.31. The van der Waals surface area contributed by atoms with E-state index in [2.05, 4.69) is 25.4 Å². The predicted octanol–water partition coefficient (Wildman–Crippen LogP) is 5.98. The molecule has 4 aromatic rings. The van der Waals surface area contributed by atoms with Gasteiger partial charge in [0.15, 0.2) is 5.65 Å². The molecule has 1 saturated heterocycles. The van der Waals surface area contributed by atoms with E-state index >= 15 is 0 Å². The minimum absolute atomic E-state index is 0.118. The van der Waals surface area contributed by atoms with E-state index in [9.17, 15) is 14.0 Å². The lowest BCUT2D eigenvalue weighted by molar-refractivity contribution is -0.128. The molecule has 1 fully saturated rings. The monoisotopic (exact) mass is 559 g/mol. The first kappa shape index (κ1) is 27.5. The molecule has 2 aromatic heterocycles. The number of piperazine rings is 1. The van der Waals surface area contributed by atoms with Crippen molar-refractivity contribution in [3.63, 3.8) is 0 Å². The highest BCUT2D eigenvalue weighted by molar-refractivity contribution is 6.33. The number of carbonyl (C=O) groups is 1. The molecule has 1 aliphatic heterocycles. The highest BCUT2D eigenvalue weighted by Gasteiger charge is 2.34. The number of para-hydroxylation sites is 1. The van der Waals surface area contributed by atoms with Crippen molar-refractivity contribution in [2.24, 2.45) is 0 Å². The number of nitrogens with zero attached hydrogens (tertiary/aromatic N) is 5. The maximum absolute atomic E-state index is 14.9. The van der Waals surface area contributed by atoms with E-state index in [1.807, 2.05) is 43.0 Å². The minimum atomic E-state index is -0.505. The molecule has 0 bridgehead atoms. The van der Waals surface area contributed by atoms with Crippen LogP contribution in [0.15, 0.2) is 72.0 Å². The summed E-state index contributed by atoms with van der Waals surface area (Å²) in [5.41, 5.74) is 1.90. The van der Waals surface area contributed by atoms with E-state index in [1.54, 1.807) is 29.2 Å².